The zero-order chi connectivity index (χ0) is 37.0. The van der Waals surface area contributed by atoms with Crippen molar-refractivity contribution in [2.24, 2.45) is 0 Å². The average molecular weight is 734 g/mol. The van der Waals surface area contributed by atoms with Crippen molar-refractivity contribution >= 4 is 53.4 Å². The van der Waals surface area contributed by atoms with Crippen LogP contribution in [0, 0.1) is 0 Å². The van der Waals surface area contributed by atoms with Gasteiger partial charge in [-0.2, -0.15) is 0 Å². The van der Waals surface area contributed by atoms with E-state index >= 15 is 0 Å². The molecule has 262 valence electrons. The van der Waals surface area contributed by atoms with Gasteiger partial charge in [0.25, 0.3) is 0 Å². The van der Waals surface area contributed by atoms with E-state index in [-0.39, 0.29) is 0 Å². The van der Waals surface area contributed by atoms with Crippen molar-refractivity contribution in [1.29, 1.82) is 0 Å². The Hall–Kier alpha value is -7.21. The summed E-state index contributed by atoms with van der Waals surface area (Å²) in [6.07, 6.45) is 3.64. The van der Waals surface area contributed by atoms with Crippen LogP contribution in [0.4, 0.5) is 0 Å². The Morgan fingerprint density at radius 1 is 0.393 bits per heavy atom. The number of hydrogen-bond donors (Lipinski definition) is 0. The van der Waals surface area contributed by atoms with E-state index in [1.54, 1.807) is 0 Å². The maximum Gasteiger partial charge on any atom is 0.161 e. The van der Waals surface area contributed by atoms with Crippen LogP contribution in [0.2, 0.25) is 0 Å². The minimum absolute atomic E-state index is 0.672. The Balaban J connectivity index is 1.03. The van der Waals surface area contributed by atoms with E-state index in [9.17, 15) is 0 Å². The first-order valence-electron chi connectivity index (χ1n) is 18.7. The van der Waals surface area contributed by atoms with Crippen molar-refractivity contribution in [3.05, 3.63) is 188 Å². The number of fused-ring (bicyclic) bond motifs is 6. The summed E-state index contributed by atoms with van der Waals surface area (Å²) >= 11 is 1.84. The minimum Gasteiger partial charge on any atom is -0.455 e. The van der Waals surface area contributed by atoms with Gasteiger partial charge in [0.15, 0.2) is 5.82 Å². The van der Waals surface area contributed by atoms with E-state index in [2.05, 4.69) is 138 Å². The number of nitrogens with zero attached hydrogens (tertiary/aromatic N) is 3. The standard InChI is InChI=1S/C51H31N3OS/c1-2-10-34(11-3-1)44-31-45(54-51(53-44)41-14-5-4-12-37(41)33-26-28-52-29-27-33)35-20-18-32(19-21-35)39-24-23-38(49-42-15-6-8-16-46(42)55-50(39)49)36-22-25-48-43(30-36)40-13-7-9-17-47(40)56-48/h1-31H. The van der Waals surface area contributed by atoms with Crippen LogP contribution in [0.1, 0.15) is 0 Å². The molecule has 4 aromatic heterocycles. The summed E-state index contributed by atoms with van der Waals surface area (Å²) in [6, 6.07) is 61.7. The number of pyridine rings is 1. The van der Waals surface area contributed by atoms with Crippen molar-refractivity contribution in [3.63, 3.8) is 0 Å². The van der Waals surface area contributed by atoms with Gasteiger partial charge < -0.3 is 4.42 Å². The number of furan rings is 1. The lowest BCUT2D eigenvalue weighted by molar-refractivity contribution is 0.670. The molecule has 0 saturated heterocycles. The summed E-state index contributed by atoms with van der Waals surface area (Å²) in [4.78, 5) is 14.6. The van der Waals surface area contributed by atoms with Crippen molar-refractivity contribution < 1.29 is 4.42 Å². The van der Waals surface area contributed by atoms with Crippen LogP contribution in [0.25, 0.3) is 109 Å². The highest BCUT2D eigenvalue weighted by Gasteiger charge is 2.19. The van der Waals surface area contributed by atoms with E-state index in [4.69, 9.17) is 14.4 Å². The summed E-state index contributed by atoms with van der Waals surface area (Å²) < 4.78 is 9.32. The third kappa shape index (κ3) is 5.48. The number of hydrogen-bond acceptors (Lipinski definition) is 5. The molecule has 7 aromatic carbocycles. The lowest BCUT2D eigenvalue weighted by Crippen LogP contribution is -1.97. The fraction of sp³-hybridized carbons (Fsp3) is 0. The number of rotatable bonds is 6. The van der Waals surface area contributed by atoms with Gasteiger partial charge in [0, 0.05) is 65.6 Å². The Morgan fingerprint density at radius 3 is 1.82 bits per heavy atom. The van der Waals surface area contributed by atoms with Gasteiger partial charge in [-0.1, -0.05) is 127 Å². The first-order valence-corrected chi connectivity index (χ1v) is 19.5. The van der Waals surface area contributed by atoms with Crippen molar-refractivity contribution in [2.75, 3.05) is 0 Å². The Bertz CT molecular complexity index is 3240. The van der Waals surface area contributed by atoms with Crippen LogP contribution in [-0.4, -0.2) is 15.0 Å². The second-order valence-corrected chi connectivity index (χ2v) is 15.0. The Morgan fingerprint density at radius 2 is 1.00 bits per heavy atom. The van der Waals surface area contributed by atoms with Gasteiger partial charge in [-0.05, 0) is 76.3 Å². The smallest absolute Gasteiger partial charge is 0.161 e. The second kappa shape index (κ2) is 13.3. The Kier molecular flexibility index (Phi) is 7.64. The molecular formula is C51H31N3OS. The van der Waals surface area contributed by atoms with Crippen LogP contribution in [0.15, 0.2) is 193 Å². The van der Waals surface area contributed by atoms with Crippen molar-refractivity contribution in [3.8, 4) is 67.3 Å². The third-order valence-electron chi connectivity index (χ3n) is 10.7. The van der Waals surface area contributed by atoms with E-state index in [0.29, 0.717) is 5.82 Å². The molecule has 0 fully saturated rings. The summed E-state index contributed by atoms with van der Waals surface area (Å²) in [5, 5.41) is 4.82. The molecule has 0 aliphatic rings. The molecular weight excluding hydrogens is 703 g/mol. The highest BCUT2D eigenvalue weighted by Crippen LogP contribution is 2.44. The molecule has 0 radical (unpaired) electrons. The average Bonchev–Trinajstić information content (AvgIpc) is 3.85. The maximum absolute atomic E-state index is 6.71. The van der Waals surface area contributed by atoms with Gasteiger partial charge in [-0.3, -0.25) is 4.98 Å². The number of benzene rings is 7. The summed E-state index contributed by atoms with van der Waals surface area (Å²) in [6.45, 7) is 0. The van der Waals surface area contributed by atoms with Gasteiger partial charge in [-0.25, -0.2) is 9.97 Å². The molecule has 11 rings (SSSR count). The van der Waals surface area contributed by atoms with Crippen LogP contribution in [0.5, 0.6) is 0 Å². The van der Waals surface area contributed by atoms with Gasteiger partial charge in [0.1, 0.15) is 11.2 Å². The van der Waals surface area contributed by atoms with Gasteiger partial charge in [0.05, 0.1) is 11.4 Å². The van der Waals surface area contributed by atoms with E-state index in [0.717, 1.165) is 77.8 Å². The molecule has 0 bridgehead atoms. The zero-order valence-electron chi connectivity index (χ0n) is 30.1. The second-order valence-electron chi connectivity index (χ2n) is 14.0. The lowest BCUT2D eigenvalue weighted by Gasteiger charge is -2.13. The summed E-state index contributed by atoms with van der Waals surface area (Å²) in [7, 11) is 0. The normalized spacial score (nSPS) is 11.6. The SMILES string of the molecule is c1ccc(-c2cc(-c3ccc(-c4ccc(-c5ccc6sc7ccccc7c6c5)c5c4oc4ccccc45)cc3)nc(-c3ccccc3-c3ccncc3)n2)cc1. The molecule has 0 amide bonds. The minimum atomic E-state index is 0.672. The van der Waals surface area contributed by atoms with Gasteiger partial charge >= 0.3 is 0 Å². The first-order chi connectivity index (χ1) is 27.7. The molecule has 56 heavy (non-hydrogen) atoms. The van der Waals surface area contributed by atoms with Crippen LogP contribution in [-0.2, 0) is 0 Å². The molecule has 5 heteroatoms. The van der Waals surface area contributed by atoms with Crippen molar-refractivity contribution in [2.45, 2.75) is 0 Å². The number of thiophene rings is 1. The predicted octanol–water partition coefficient (Wildman–Crippen LogP) is 14.1. The molecule has 0 saturated carbocycles. The van der Waals surface area contributed by atoms with E-state index < -0.39 is 0 Å². The molecule has 0 spiro atoms. The van der Waals surface area contributed by atoms with Crippen LogP contribution in [0.3, 0.4) is 0 Å². The number of aromatic nitrogens is 3. The van der Waals surface area contributed by atoms with Crippen LogP contribution >= 0.6 is 11.3 Å². The topological polar surface area (TPSA) is 51.8 Å². The fourth-order valence-electron chi connectivity index (χ4n) is 7.94. The summed E-state index contributed by atoms with van der Waals surface area (Å²) in [5.41, 5.74) is 13.1. The molecule has 0 aliphatic heterocycles. The molecule has 0 aliphatic carbocycles. The van der Waals surface area contributed by atoms with E-state index in [1.165, 1.54) is 25.7 Å². The molecule has 4 heterocycles. The molecule has 11 aromatic rings. The Labute approximate surface area is 327 Å². The molecule has 0 atom stereocenters. The molecule has 4 nitrogen and oxygen atoms in total. The monoisotopic (exact) mass is 733 g/mol. The molecule has 0 unspecified atom stereocenters. The summed E-state index contributed by atoms with van der Waals surface area (Å²) in [5.74, 6) is 0.672. The van der Waals surface area contributed by atoms with Gasteiger partial charge in [0.2, 0.25) is 0 Å². The first kappa shape index (κ1) is 32.2. The third-order valence-corrected chi connectivity index (χ3v) is 11.8. The number of para-hydroxylation sites is 1. The molecule has 0 N–H and O–H groups in total. The zero-order valence-corrected chi connectivity index (χ0v) is 30.9. The highest BCUT2D eigenvalue weighted by molar-refractivity contribution is 7.25. The van der Waals surface area contributed by atoms with Crippen LogP contribution < -0.4 is 0 Å². The predicted molar refractivity (Wildman–Crippen MR) is 233 cm³/mol. The maximum atomic E-state index is 6.71. The quantitative estimate of drug-likeness (QED) is 0.171. The van der Waals surface area contributed by atoms with E-state index in [1.807, 2.05) is 66.2 Å². The highest BCUT2D eigenvalue weighted by atomic mass is 32.1. The lowest BCUT2D eigenvalue weighted by atomic mass is 9.93. The largest absolute Gasteiger partial charge is 0.455 e. The fourth-order valence-corrected chi connectivity index (χ4v) is 9.03. The van der Waals surface area contributed by atoms with Gasteiger partial charge in [-0.15, -0.1) is 11.3 Å². The van der Waals surface area contributed by atoms with Crippen molar-refractivity contribution in [1.82, 2.24) is 15.0 Å².